The maximum atomic E-state index is 10.3. The Kier molecular flexibility index (Phi) is 5.89. The van der Waals surface area contributed by atoms with E-state index in [4.69, 9.17) is 4.74 Å². The zero-order chi connectivity index (χ0) is 16.9. The van der Waals surface area contributed by atoms with Crippen LogP contribution in [0.2, 0.25) is 0 Å². The van der Waals surface area contributed by atoms with Crippen molar-refractivity contribution in [2.45, 2.75) is 37.3 Å². The number of benzene rings is 1. The van der Waals surface area contributed by atoms with Crippen molar-refractivity contribution in [1.29, 1.82) is 0 Å². The summed E-state index contributed by atoms with van der Waals surface area (Å²) in [6.07, 6.45) is 1.74. The van der Waals surface area contributed by atoms with Crippen molar-refractivity contribution >= 4 is 11.8 Å². The number of nitrogens with zero attached hydrogens (tertiary/aromatic N) is 4. The van der Waals surface area contributed by atoms with Gasteiger partial charge >= 0.3 is 0 Å². The van der Waals surface area contributed by atoms with Crippen molar-refractivity contribution in [3.63, 3.8) is 0 Å². The normalized spacial score (nSPS) is 23.3. The van der Waals surface area contributed by atoms with E-state index in [1.165, 1.54) is 11.8 Å². The van der Waals surface area contributed by atoms with Gasteiger partial charge in [-0.2, -0.15) is 0 Å². The molecule has 1 aromatic carbocycles. The first-order valence-electron chi connectivity index (χ1n) is 8.26. The molecule has 24 heavy (non-hydrogen) atoms. The van der Waals surface area contributed by atoms with E-state index >= 15 is 0 Å². The molecule has 1 N–H and O–H groups in total. The van der Waals surface area contributed by atoms with Gasteiger partial charge < -0.3 is 9.84 Å². The van der Waals surface area contributed by atoms with Crippen LogP contribution < -0.4 is 0 Å². The summed E-state index contributed by atoms with van der Waals surface area (Å²) in [7, 11) is 0. The SMILES string of the molecule is C[C@@H]1CN(C[C@@H](O)CSc2ncn(-c3ccccc3)n2)C[C@H](C)O1. The lowest BCUT2D eigenvalue weighted by molar-refractivity contribution is -0.0750. The Morgan fingerprint density at radius 1 is 1.25 bits per heavy atom. The van der Waals surface area contributed by atoms with E-state index in [9.17, 15) is 5.11 Å². The molecule has 0 unspecified atom stereocenters. The van der Waals surface area contributed by atoms with E-state index in [0.29, 0.717) is 17.5 Å². The second kappa shape index (κ2) is 8.11. The third kappa shape index (κ3) is 4.80. The number of hydrogen-bond acceptors (Lipinski definition) is 6. The highest BCUT2D eigenvalue weighted by molar-refractivity contribution is 7.99. The standard InChI is InChI=1S/C17H24N4O2S/c1-13-8-20(9-14(2)23-13)10-16(22)11-24-17-18-12-21(19-17)15-6-4-3-5-7-15/h3-7,12-14,16,22H,8-11H2,1-2H3/t13-,14+,16-/m1/s1. The van der Waals surface area contributed by atoms with Gasteiger partial charge in [-0.1, -0.05) is 30.0 Å². The van der Waals surface area contributed by atoms with Crippen molar-refractivity contribution in [1.82, 2.24) is 19.7 Å². The molecule has 0 bridgehead atoms. The van der Waals surface area contributed by atoms with Crippen molar-refractivity contribution in [2.24, 2.45) is 0 Å². The highest BCUT2D eigenvalue weighted by Crippen LogP contribution is 2.17. The fourth-order valence-corrected chi connectivity index (χ4v) is 3.69. The number of aromatic nitrogens is 3. The predicted octanol–water partition coefficient (Wildman–Crippen LogP) is 1.83. The van der Waals surface area contributed by atoms with Gasteiger partial charge in [-0.05, 0) is 26.0 Å². The summed E-state index contributed by atoms with van der Waals surface area (Å²) in [6.45, 7) is 6.54. The van der Waals surface area contributed by atoms with Crippen LogP contribution in [0.5, 0.6) is 0 Å². The first-order chi connectivity index (χ1) is 11.6. The molecule has 2 heterocycles. The Hall–Kier alpha value is -1.41. The highest BCUT2D eigenvalue weighted by Gasteiger charge is 2.23. The Morgan fingerprint density at radius 3 is 2.67 bits per heavy atom. The van der Waals surface area contributed by atoms with E-state index in [0.717, 1.165) is 18.8 Å². The number of thioether (sulfide) groups is 1. The van der Waals surface area contributed by atoms with Crippen LogP contribution in [0.3, 0.4) is 0 Å². The van der Waals surface area contributed by atoms with Gasteiger partial charge in [0.1, 0.15) is 6.33 Å². The minimum atomic E-state index is -0.406. The largest absolute Gasteiger partial charge is 0.391 e. The number of aliphatic hydroxyl groups is 1. The maximum absolute atomic E-state index is 10.3. The van der Waals surface area contributed by atoms with Gasteiger partial charge in [0.15, 0.2) is 0 Å². The van der Waals surface area contributed by atoms with Gasteiger partial charge in [0, 0.05) is 25.4 Å². The van der Waals surface area contributed by atoms with Crippen molar-refractivity contribution < 1.29 is 9.84 Å². The van der Waals surface area contributed by atoms with E-state index in [1.54, 1.807) is 11.0 Å². The van der Waals surface area contributed by atoms with E-state index in [2.05, 4.69) is 28.8 Å². The Bertz CT molecular complexity index is 627. The number of para-hydroxylation sites is 1. The van der Waals surface area contributed by atoms with Crippen LogP contribution in [0.25, 0.3) is 5.69 Å². The maximum Gasteiger partial charge on any atom is 0.208 e. The Balaban J connectivity index is 1.48. The molecule has 3 rings (SSSR count). The second-order valence-electron chi connectivity index (χ2n) is 6.25. The lowest BCUT2D eigenvalue weighted by Crippen LogP contribution is -2.48. The molecule has 0 amide bonds. The lowest BCUT2D eigenvalue weighted by Gasteiger charge is -2.36. The van der Waals surface area contributed by atoms with Crippen LogP contribution in [0.4, 0.5) is 0 Å². The first kappa shape index (κ1) is 17.4. The minimum absolute atomic E-state index is 0.219. The molecule has 1 saturated heterocycles. The summed E-state index contributed by atoms with van der Waals surface area (Å²) in [5.41, 5.74) is 0.980. The predicted molar refractivity (Wildman–Crippen MR) is 94.5 cm³/mol. The van der Waals surface area contributed by atoms with Crippen molar-refractivity contribution in [3.05, 3.63) is 36.7 Å². The molecule has 7 heteroatoms. The van der Waals surface area contributed by atoms with E-state index in [-0.39, 0.29) is 12.2 Å². The zero-order valence-electron chi connectivity index (χ0n) is 14.1. The van der Waals surface area contributed by atoms with Crippen LogP contribution in [-0.4, -0.2) is 68.5 Å². The topological polar surface area (TPSA) is 63.4 Å². The lowest BCUT2D eigenvalue weighted by atomic mass is 10.2. The molecule has 130 valence electrons. The fraction of sp³-hybridized carbons (Fsp3) is 0.529. The van der Waals surface area contributed by atoms with Gasteiger partial charge in [-0.3, -0.25) is 4.90 Å². The molecule has 3 atom stereocenters. The number of β-amino-alcohol motifs (C(OH)–C–C–N with tert-alkyl or cyclic N) is 1. The van der Waals surface area contributed by atoms with E-state index < -0.39 is 6.10 Å². The molecule has 0 radical (unpaired) electrons. The molecule has 6 nitrogen and oxygen atoms in total. The number of rotatable bonds is 6. The summed E-state index contributed by atoms with van der Waals surface area (Å²) in [6, 6.07) is 9.88. The molecular formula is C17H24N4O2S. The van der Waals surface area contributed by atoms with Gasteiger partial charge in [-0.25, -0.2) is 9.67 Å². The summed E-state index contributed by atoms with van der Waals surface area (Å²) >= 11 is 1.48. The van der Waals surface area contributed by atoms with E-state index in [1.807, 2.05) is 30.3 Å². The van der Waals surface area contributed by atoms with Gasteiger partial charge in [0.05, 0.1) is 24.0 Å². The summed E-state index contributed by atoms with van der Waals surface area (Å²) in [4.78, 5) is 6.57. The number of ether oxygens (including phenoxy) is 1. The molecular weight excluding hydrogens is 324 g/mol. The summed E-state index contributed by atoms with van der Waals surface area (Å²) in [5.74, 6) is 0.582. The molecule has 2 aromatic rings. The average Bonchev–Trinajstić information content (AvgIpc) is 3.02. The van der Waals surface area contributed by atoms with Gasteiger partial charge in [0.2, 0.25) is 5.16 Å². The smallest absolute Gasteiger partial charge is 0.208 e. The van der Waals surface area contributed by atoms with Crippen molar-refractivity contribution in [3.8, 4) is 5.69 Å². The molecule has 1 aliphatic heterocycles. The van der Waals surface area contributed by atoms with Crippen LogP contribution in [0.15, 0.2) is 41.8 Å². The Labute approximate surface area is 146 Å². The average molecular weight is 348 g/mol. The fourth-order valence-electron chi connectivity index (χ4n) is 2.97. The highest BCUT2D eigenvalue weighted by atomic mass is 32.2. The zero-order valence-corrected chi connectivity index (χ0v) is 14.9. The van der Waals surface area contributed by atoms with Crippen LogP contribution in [0.1, 0.15) is 13.8 Å². The number of hydrogen-bond donors (Lipinski definition) is 1. The van der Waals surface area contributed by atoms with Crippen LogP contribution in [0, 0.1) is 0 Å². The summed E-state index contributed by atoms with van der Waals surface area (Å²) < 4.78 is 7.47. The second-order valence-corrected chi connectivity index (χ2v) is 7.24. The summed E-state index contributed by atoms with van der Waals surface area (Å²) in [5, 5.41) is 15.4. The molecule has 0 saturated carbocycles. The third-order valence-corrected chi connectivity index (χ3v) is 4.86. The molecule has 0 aliphatic carbocycles. The molecule has 1 fully saturated rings. The molecule has 1 aromatic heterocycles. The molecule has 0 spiro atoms. The Morgan fingerprint density at radius 2 is 1.96 bits per heavy atom. The van der Waals surface area contributed by atoms with Crippen LogP contribution in [-0.2, 0) is 4.74 Å². The monoisotopic (exact) mass is 348 g/mol. The van der Waals surface area contributed by atoms with Crippen LogP contribution >= 0.6 is 11.8 Å². The number of aliphatic hydroxyl groups excluding tert-OH is 1. The molecule has 1 aliphatic rings. The first-order valence-corrected chi connectivity index (χ1v) is 9.24. The minimum Gasteiger partial charge on any atom is -0.391 e. The van der Waals surface area contributed by atoms with Crippen molar-refractivity contribution in [2.75, 3.05) is 25.4 Å². The van der Waals surface area contributed by atoms with Gasteiger partial charge in [-0.15, -0.1) is 5.10 Å². The number of morpholine rings is 1. The van der Waals surface area contributed by atoms with Gasteiger partial charge in [0.25, 0.3) is 0 Å². The third-order valence-electron chi connectivity index (χ3n) is 3.86. The quantitative estimate of drug-likeness (QED) is 0.804.